The van der Waals surface area contributed by atoms with Gasteiger partial charge in [0.25, 0.3) is 0 Å². The lowest BCUT2D eigenvalue weighted by atomic mass is 9.93. The summed E-state index contributed by atoms with van der Waals surface area (Å²) in [5.41, 5.74) is 3.01. The number of rotatable bonds is 6. The summed E-state index contributed by atoms with van der Waals surface area (Å²) >= 11 is 0. The van der Waals surface area contributed by atoms with E-state index in [0.29, 0.717) is 12.3 Å². The first kappa shape index (κ1) is 17.5. The van der Waals surface area contributed by atoms with E-state index in [1.807, 2.05) is 30.3 Å². The first-order chi connectivity index (χ1) is 12.1. The van der Waals surface area contributed by atoms with Crippen molar-refractivity contribution >= 4 is 5.97 Å². The maximum Gasteiger partial charge on any atom is 0.303 e. The Labute approximate surface area is 147 Å². The van der Waals surface area contributed by atoms with Gasteiger partial charge in [-0.3, -0.25) is 14.7 Å². The maximum absolute atomic E-state index is 13.0. The third kappa shape index (κ3) is 5.10. The fourth-order valence-corrected chi connectivity index (χ4v) is 3.39. The highest BCUT2D eigenvalue weighted by atomic mass is 19.1. The number of aryl methyl sites for hydroxylation is 1. The van der Waals surface area contributed by atoms with Crippen LogP contribution >= 0.6 is 0 Å². The summed E-state index contributed by atoms with van der Waals surface area (Å²) in [6.07, 6.45) is 2.77. The fourth-order valence-electron chi connectivity index (χ4n) is 3.39. The number of carboxylic acids is 1. The van der Waals surface area contributed by atoms with Crippen molar-refractivity contribution in [3.8, 4) is 0 Å². The summed E-state index contributed by atoms with van der Waals surface area (Å²) < 4.78 is 13.0. The number of likely N-dealkylation sites (tertiary alicyclic amines) is 1. The van der Waals surface area contributed by atoms with Crippen LogP contribution in [0.3, 0.4) is 0 Å². The molecule has 2 aromatic rings. The molecule has 1 saturated heterocycles. The molecule has 0 saturated carbocycles. The highest BCUT2D eigenvalue weighted by Crippen LogP contribution is 2.27. The Morgan fingerprint density at radius 3 is 2.80 bits per heavy atom. The fraction of sp³-hybridized carbons (Fsp3) is 0.400. The van der Waals surface area contributed by atoms with Gasteiger partial charge >= 0.3 is 5.97 Å². The molecule has 0 spiro atoms. The minimum atomic E-state index is -0.796. The Hall–Kier alpha value is -2.27. The molecule has 1 aromatic carbocycles. The van der Waals surface area contributed by atoms with Crippen LogP contribution in [0.4, 0.5) is 4.39 Å². The van der Waals surface area contributed by atoms with Crippen LogP contribution in [0.5, 0.6) is 0 Å². The van der Waals surface area contributed by atoms with Crippen LogP contribution in [-0.4, -0.2) is 34.0 Å². The Kier molecular flexibility index (Phi) is 5.76. The largest absolute Gasteiger partial charge is 0.481 e. The van der Waals surface area contributed by atoms with Gasteiger partial charge in [-0.25, -0.2) is 4.39 Å². The molecule has 4 nitrogen and oxygen atoms in total. The predicted molar refractivity (Wildman–Crippen MR) is 93.8 cm³/mol. The minimum Gasteiger partial charge on any atom is -0.481 e. The van der Waals surface area contributed by atoms with Gasteiger partial charge in [0.2, 0.25) is 0 Å². The van der Waals surface area contributed by atoms with Gasteiger partial charge in [0.05, 0.1) is 6.42 Å². The van der Waals surface area contributed by atoms with Crippen molar-refractivity contribution in [1.29, 1.82) is 0 Å². The maximum atomic E-state index is 13.0. The Morgan fingerprint density at radius 2 is 2.04 bits per heavy atom. The van der Waals surface area contributed by atoms with Gasteiger partial charge < -0.3 is 5.11 Å². The number of nitrogens with zero attached hydrogens (tertiary/aromatic N) is 2. The summed E-state index contributed by atoms with van der Waals surface area (Å²) in [5, 5.41) is 8.83. The molecule has 1 aromatic heterocycles. The second-order valence-corrected chi connectivity index (χ2v) is 6.65. The minimum absolute atomic E-state index is 0.109. The number of carbonyl (C=O) groups is 1. The topological polar surface area (TPSA) is 53.4 Å². The molecule has 1 aliphatic rings. The van der Waals surface area contributed by atoms with E-state index in [2.05, 4.69) is 9.88 Å². The van der Waals surface area contributed by atoms with Crippen molar-refractivity contribution in [3.63, 3.8) is 0 Å². The zero-order valence-electron chi connectivity index (χ0n) is 14.2. The molecule has 25 heavy (non-hydrogen) atoms. The van der Waals surface area contributed by atoms with E-state index in [9.17, 15) is 9.18 Å². The first-order valence-electron chi connectivity index (χ1n) is 8.74. The average Bonchev–Trinajstić information content (AvgIpc) is 2.62. The zero-order valence-corrected chi connectivity index (χ0v) is 14.2. The van der Waals surface area contributed by atoms with E-state index in [1.54, 1.807) is 0 Å². The molecule has 1 N–H and O–H groups in total. The van der Waals surface area contributed by atoms with Gasteiger partial charge in [0.1, 0.15) is 5.82 Å². The summed E-state index contributed by atoms with van der Waals surface area (Å²) in [4.78, 5) is 17.8. The van der Waals surface area contributed by atoms with Crippen LogP contribution < -0.4 is 0 Å². The summed E-state index contributed by atoms with van der Waals surface area (Å²) in [7, 11) is 0. The van der Waals surface area contributed by atoms with Crippen molar-refractivity contribution in [2.75, 3.05) is 13.1 Å². The second-order valence-electron chi connectivity index (χ2n) is 6.65. The number of piperidine rings is 1. The average molecular weight is 342 g/mol. The molecule has 132 valence electrons. The molecule has 5 heteroatoms. The first-order valence-corrected chi connectivity index (χ1v) is 8.74. The number of aromatic nitrogens is 1. The number of aliphatic carboxylic acids is 1. The van der Waals surface area contributed by atoms with E-state index < -0.39 is 5.97 Å². The van der Waals surface area contributed by atoms with Gasteiger partial charge in [-0.2, -0.15) is 0 Å². The molecule has 0 radical (unpaired) electrons. The number of carboxylic acid groups (broad SMARTS) is 1. The Balaban J connectivity index is 1.63. The molecule has 1 aliphatic heterocycles. The third-order valence-electron chi connectivity index (χ3n) is 4.67. The van der Waals surface area contributed by atoms with Gasteiger partial charge in [-0.1, -0.05) is 18.2 Å². The molecular weight excluding hydrogens is 319 g/mol. The lowest BCUT2D eigenvalue weighted by Gasteiger charge is -2.32. The lowest BCUT2D eigenvalue weighted by Crippen LogP contribution is -2.34. The molecule has 0 aliphatic carbocycles. The van der Waals surface area contributed by atoms with Crippen LogP contribution in [0.15, 0.2) is 42.5 Å². The van der Waals surface area contributed by atoms with Gasteiger partial charge in [0, 0.05) is 36.8 Å². The van der Waals surface area contributed by atoms with Crippen molar-refractivity contribution in [2.24, 2.45) is 0 Å². The highest BCUT2D eigenvalue weighted by Gasteiger charge is 2.22. The van der Waals surface area contributed by atoms with Crippen LogP contribution in [0, 0.1) is 5.82 Å². The van der Waals surface area contributed by atoms with Crippen LogP contribution in [0.1, 0.15) is 42.1 Å². The Morgan fingerprint density at radius 1 is 1.24 bits per heavy atom. The SMILES string of the molecule is O=C(O)CCc1cccc([C@H]2CCCN(Cc3ccc(F)cc3)C2)n1. The number of benzene rings is 1. The normalized spacial score (nSPS) is 18.2. The predicted octanol–water partition coefficient (Wildman–Crippen LogP) is 3.62. The highest BCUT2D eigenvalue weighted by molar-refractivity contribution is 5.66. The van der Waals surface area contributed by atoms with Crippen molar-refractivity contribution in [2.45, 2.75) is 38.1 Å². The summed E-state index contributed by atoms with van der Waals surface area (Å²) in [5.74, 6) is -0.642. The number of pyridine rings is 1. The molecule has 2 heterocycles. The van der Waals surface area contributed by atoms with Crippen LogP contribution in [0.2, 0.25) is 0 Å². The van der Waals surface area contributed by atoms with E-state index >= 15 is 0 Å². The smallest absolute Gasteiger partial charge is 0.303 e. The van der Waals surface area contributed by atoms with Crippen molar-refractivity contribution < 1.29 is 14.3 Å². The van der Waals surface area contributed by atoms with Crippen LogP contribution in [-0.2, 0) is 17.8 Å². The monoisotopic (exact) mass is 342 g/mol. The van der Waals surface area contributed by atoms with Gasteiger partial charge in [0.15, 0.2) is 0 Å². The molecule has 0 amide bonds. The summed E-state index contributed by atoms with van der Waals surface area (Å²) in [6, 6.07) is 12.6. The summed E-state index contributed by atoms with van der Waals surface area (Å²) in [6.45, 7) is 2.77. The molecular formula is C20H23FN2O2. The molecule has 1 fully saturated rings. The zero-order chi connectivity index (χ0) is 17.6. The molecule has 0 unspecified atom stereocenters. The molecule has 0 bridgehead atoms. The number of hydrogen-bond donors (Lipinski definition) is 1. The number of halogens is 1. The van der Waals surface area contributed by atoms with Gasteiger partial charge in [-0.05, 0) is 49.2 Å². The van der Waals surface area contributed by atoms with Crippen molar-refractivity contribution in [3.05, 3.63) is 65.2 Å². The van der Waals surface area contributed by atoms with E-state index in [-0.39, 0.29) is 12.2 Å². The lowest BCUT2D eigenvalue weighted by molar-refractivity contribution is -0.136. The van der Waals surface area contributed by atoms with Gasteiger partial charge in [-0.15, -0.1) is 0 Å². The standard InChI is InChI=1S/C20H23FN2O2/c21-17-8-6-15(7-9-17)13-23-12-2-3-16(14-23)19-5-1-4-18(22-19)10-11-20(24)25/h1,4-9,16H,2-3,10-14H2,(H,24,25)/t16-/m0/s1. The Bertz CT molecular complexity index is 718. The third-order valence-corrected chi connectivity index (χ3v) is 4.67. The van der Waals surface area contributed by atoms with Crippen LogP contribution in [0.25, 0.3) is 0 Å². The quantitative estimate of drug-likeness (QED) is 0.871. The van der Waals surface area contributed by atoms with E-state index in [1.165, 1.54) is 12.1 Å². The second kappa shape index (κ2) is 8.21. The number of hydrogen-bond acceptors (Lipinski definition) is 3. The van der Waals surface area contributed by atoms with E-state index in [4.69, 9.17) is 5.11 Å². The van der Waals surface area contributed by atoms with Crippen molar-refractivity contribution in [1.82, 2.24) is 9.88 Å². The molecule has 1 atom stereocenters. The molecule has 3 rings (SSSR count). The van der Waals surface area contributed by atoms with E-state index in [0.717, 1.165) is 49.4 Å².